The molecular weight excluding hydrogens is 264 g/mol. The molecule has 0 saturated heterocycles. The summed E-state index contributed by atoms with van der Waals surface area (Å²) in [7, 11) is 0. The molecule has 0 radical (unpaired) electrons. The molecule has 0 unspecified atom stereocenters. The van der Waals surface area contributed by atoms with Crippen molar-refractivity contribution in [3.8, 4) is 0 Å². The van der Waals surface area contributed by atoms with Crippen molar-refractivity contribution in [2.75, 3.05) is 0 Å². The van der Waals surface area contributed by atoms with E-state index in [-0.39, 0.29) is 0 Å². The van der Waals surface area contributed by atoms with Gasteiger partial charge in [0.1, 0.15) is 6.79 Å². The van der Waals surface area contributed by atoms with Gasteiger partial charge in [0.15, 0.2) is 0 Å². The van der Waals surface area contributed by atoms with Crippen LogP contribution in [-0.2, 0) is 4.79 Å². The Morgan fingerprint density at radius 1 is 0.900 bits per heavy atom. The highest BCUT2D eigenvalue weighted by Gasteiger charge is 2.10. The van der Waals surface area contributed by atoms with E-state index >= 15 is 0 Å². The first kappa shape index (κ1) is 12.8. The number of hydrogen-bond donors (Lipinski definition) is 0. The first-order valence-corrected chi connectivity index (χ1v) is 7.25. The quantitative estimate of drug-likeness (QED) is 0.425. The Bertz CT molecular complexity index is 905. The van der Waals surface area contributed by atoms with Gasteiger partial charge in [0.2, 0.25) is 0 Å². The maximum atomic E-state index is 8.00. The van der Waals surface area contributed by atoms with Crippen LogP contribution >= 0.6 is 11.3 Å². The van der Waals surface area contributed by atoms with Gasteiger partial charge in [0.25, 0.3) is 0 Å². The Kier molecular flexibility index (Phi) is 3.25. The van der Waals surface area contributed by atoms with Crippen LogP contribution in [0.3, 0.4) is 0 Å². The van der Waals surface area contributed by atoms with Crippen LogP contribution in [0.4, 0.5) is 0 Å². The number of rotatable bonds is 0. The van der Waals surface area contributed by atoms with Crippen LogP contribution in [0.15, 0.2) is 54.6 Å². The first-order chi connectivity index (χ1) is 9.84. The summed E-state index contributed by atoms with van der Waals surface area (Å²) in [6, 6.07) is 19.7. The number of hydrogen-bond acceptors (Lipinski definition) is 2. The van der Waals surface area contributed by atoms with E-state index < -0.39 is 0 Å². The summed E-state index contributed by atoms with van der Waals surface area (Å²) in [6.07, 6.45) is 0. The average molecular weight is 278 g/mol. The average Bonchev–Trinajstić information content (AvgIpc) is 2.90. The van der Waals surface area contributed by atoms with Crippen LogP contribution < -0.4 is 0 Å². The fourth-order valence-corrected chi connectivity index (χ4v) is 3.93. The molecule has 0 N–H and O–H groups in total. The van der Waals surface area contributed by atoms with Gasteiger partial charge in [-0.3, -0.25) is 0 Å². The van der Waals surface area contributed by atoms with E-state index in [1.807, 2.05) is 18.1 Å². The van der Waals surface area contributed by atoms with Crippen LogP contribution in [0.25, 0.3) is 30.9 Å². The third-order valence-corrected chi connectivity index (χ3v) is 4.86. The highest BCUT2D eigenvalue weighted by Crippen LogP contribution is 2.40. The fraction of sp³-hybridized carbons (Fsp3) is 0.0556. The van der Waals surface area contributed by atoms with Crippen molar-refractivity contribution >= 4 is 49.1 Å². The number of carbonyl (C=O) groups is 1. The van der Waals surface area contributed by atoms with E-state index in [0.717, 1.165) is 0 Å². The number of benzene rings is 3. The van der Waals surface area contributed by atoms with Crippen molar-refractivity contribution < 1.29 is 4.79 Å². The fourth-order valence-electron chi connectivity index (χ4n) is 2.74. The molecule has 0 fully saturated rings. The maximum absolute atomic E-state index is 8.00. The van der Waals surface area contributed by atoms with Crippen molar-refractivity contribution in [1.29, 1.82) is 0 Å². The SMILES string of the molecule is C=O.Cc1cc2ccccc2c2c1sc1ccccc12. The third-order valence-electron chi connectivity index (χ3n) is 3.56. The van der Waals surface area contributed by atoms with Crippen LogP contribution in [0.2, 0.25) is 0 Å². The number of aryl methyl sites for hydroxylation is 1. The number of fused-ring (bicyclic) bond motifs is 5. The summed E-state index contributed by atoms with van der Waals surface area (Å²) in [4.78, 5) is 8.00. The molecule has 98 valence electrons. The molecule has 0 saturated carbocycles. The van der Waals surface area contributed by atoms with Crippen molar-refractivity contribution in [1.82, 2.24) is 0 Å². The summed E-state index contributed by atoms with van der Waals surface area (Å²) >= 11 is 1.90. The molecule has 0 bridgehead atoms. The van der Waals surface area contributed by atoms with E-state index in [0.29, 0.717) is 0 Å². The van der Waals surface area contributed by atoms with Crippen LogP contribution in [-0.4, -0.2) is 6.79 Å². The van der Waals surface area contributed by atoms with Gasteiger partial charge < -0.3 is 4.79 Å². The van der Waals surface area contributed by atoms with E-state index in [1.165, 1.54) is 36.5 Å². The zero-order valence-electron chi connectivity index (χ0n) is 11.2. The normalized spacial score (nSPS) is 10.7. The lowest BCUT2D eigenvalue weighted by atomic mass is 10.0. The molecule has 4 rings (SSSR count). The predicted molar refractivity (Wildman–Crippen MR) is 88.7 cm³/mol. The van der Waals surface area contributed by atoms with Crippen LogP contribution in [0.1, 0.15) is 5.56 Å². The molecule has 1 heterocycles. The highest BCUT2D eigenvalue weighted by atomic mass is 32.1. The van der Waals surface area contributed by atoms with Gasteiger partial charge >= 0.3 is 0 Å². The minimum Gasteiger partial charge on any atom is -0.307 e. The summed E-state index contributed by atoms with van der Waals surface area (Å²) in [6.45, 7) is 4.21. The first-order valence-electron chi connectivity index (χ1n) is 6.43. The summed E-state index contributed by atoms with van der Waals surface area (Å²) in [5.41, 5.74) is 1.38. The summed E-state index contributed by atoms with van der Waals surface area (Å²) in [5.74, 6) is 0. The Morgan fingerprint density at radius 2 is 1.55 bits per heavy atom. The van der Waals surface area contributed by atoms with Crippen LogP contribution in [0.5, 0.6) is 0 Å². The smallest absolute Gasteiger partial charge is 0.106 e. The monoisotopic (exact) mass is 278 g/mol. The van der Waals surface area contributed by atoms with Gasteiger partial charge in [-0.1, -0.05) is 42.5 Å². The van der Waals surface area contributed by atoms with Gasteiger partial charge in [0.05, 0.1) is 0 Å². The molecule has 2 heteroatoms. The molecule has 0 aliphatic carbocycles. The topological polar surface area (TPSA) is 17.1 Å². The lowest BCUT2D eigenvalue weighted by Crippen LogP contribution is -1.77. The largest absolute Gasteiger partial charge is 0.307 e. The van der Waals surface area contributed by atoms with Crippen molar-refractivity contribution in [3.63, 3.8) is 0 Å². The van der Waals surface area contributed by atoms with E-state index in [9.17, 15) is 0 Å². The molecule has 1 aromatic heterocycles. The minimum atomic E-state index is 1.34. The lowest BCUT2D eigenvalue weighted by Gasteiger charge is -2.03. The minimum absolute atomic E-state index is 1.34. The van der Waals surface area contributed by atoms with Crippen LogP contribution in [0, 0.1) is 6.92 Å². The summed E-state index contributed by atoms with van der Waals surface area (Å²) < 4.78 is 2.81. The molecule has 0 spiro atoms. The van der Waals surface area contributed by atoms with Gasteiger partial charge in [-0.2, -0.15) is 0 Å². The Hall–Kier alpha value is -2.19. The molecule has 4 aromatic rings. The second-order valence-corrected chi connectivity index (χ2v) is 5.77. The zero-order chi connectivity index (χ0) is 14.1. The molecule has 0 amide bonds. The Balaban J connectivity index is 0.000000581. The molecule has 0 atom stereocenters. The standard InChI is InChI=1S/C17H12S.CH2O/c1-11-10-12-6-2-3-7-13(12)16-14-8-4-5-9-15(14)18-17(11)16;1-2/h2-10H,1H3;1H2. The van der Waals surface area contributed by atoms with Crippen molar-refractivity contribution in [2.45, 2.75) is 6.92 Å². The van der Waals surface area contributed by atoms with Gasteiger partial charge in [0, 0.05) is 20.2 Å². The highest BCUT2D eigenvalue weighted by molar-refractivity contribution is 7.26. The molecule has 20 heavy (non-hydrogen) atoms. The van der Waals surface area contributed by atoms with Crippen molar-refractivity contribution in [3.05, 3.63) is 60.2 Å². The second-order valence-electron chi connectivity index (χ2n) is 4.72. The zero-order valence-corrected chi connectivity index (χ0v) is 12.0. The van der Waals surface area contributed by atoms with Gasteiger partial charge in [-0.25, -0.2) is 0 Å². The van der Waals surface area contributed by atoms with E-state index in [4.69, 9.17) is 4.79 Å². The summed E-state index contributed by atoms with van der Waals surface area (Å²) in [5, 5.41) is 5.52. The lowest BCUT2D eigenvalue weighted by molar-refractivity contribution is -0.0979. The predicted octanol–water partition coefficient (Wildman–Crippen LogP) is 5.33. The van der Waals surface area contributed by atoms with Gasteiger partial charge in [-0.15, -0.1) is 11.3 Å². The molecule has 0 aliphatic rings. The van der Waals surface area contributed by atoms with Gasteiger partial charge in [-0.05, 0) is 35.4 Å². The number of thiophene rings is 1. The van der Waals surface area contributed by atoms with E-state index in [1.54, 1.807) is 0 Å². The molecule has 0 aliphatic heterocycles. The van der Waals surface area contributed by atoms with E-state index in [2.05, 4.69) is 61.5 Å². The molecule has 1 nitrogen and oxygen atoms in total. The Morgan fingerprint density at radius 3 is 2.35 bits per heavy atom. The number of carbonyl (C=O) groups excluding carboxylic acids is 1. The Labute approximate surface area is 121 Å². The van der Waals surface area contributed by atoms with Crippen molar-refractivity contribution in [2.24, 2.45) is 0 Å². The molecular formula is C18H14OS. The second kappa shape index (κ2) is 5.06. The maximum Gasteiger partial charge on any atom is 0.106 e. The third kappa shape index (κ3) is 1.81. The molecule has 3 aromatic carbocycles.